The van der Waals surface area contributed by atoms with E-state index in [1.807, 2.05) is 26.0 Å². The van der Waals surface area contributed by atoms with Gasteiger partial charge in [0, 0.05) is 0 Å². The van der Waals surface area contributed by atoms with Gasteiger partial charge in [-0.1, -0.05) is 26.0 Å². The van der Waals surface area contributed by atoms with Crippen molar-refractivity contribution in [3.8, 4) is 11.4 Å². The van der Waals surface area contributed by atoms with Crippen LogP contribution in [0, 0.1) is 0 Å². The zero-order valence-corrected chi connectivity index (χ0v) is 10.7. The lowest BCUT2D eigenvalue weighted by molar-refractivity contribution is 0.411. The van der Waals surface area contributed by atoms with Gasteiger partial charge in [0.25, 0.3) is 5.56 Å². The Morgan fingerprint density at radius 3 is 2.56 bits per heavy atom. The number of nitrogen functional groups attached to an aromatic ring is 1. The molecule has 0 atom stereocenters. The van der Waals surface area contributed by atoms with Crippen molar-refractivity contribution in [1.29, 1.82) is 0 Å². The van der Waals surface area contributed by atoms with E-state index in [1.54, 1.807) is 19.2 Å². The van der Waals surface area contributed by atoms with Crippen LogP contribution >= 0.6 is 0 Å². The summed E-state index contributed by atoms with van der Waals surface area (Å²) in [6.45, 7) is 3.96. The van der Waals surface area contributed by atoms with Gasteiger partial charge in [-0.2, -0.15) is 0 Å². The summed E-state index contributed by atoms with van der Waals surface area (Å²) in [6, 6.07) is 7.30. The lowest BCUT2D eigenvalue weighted by atomic mass is 10.1. The van der Waals surface area contributed by atoms with E-state index in [4.69, 9.17) is 10.5 Å². The second kappa shape index (κ2) is 4.60. The van der Waals surface area contributed by atoms with Gasteiger partial charge < -0.3 is 10.5 Å². The van der Waals surface area contributed by atoms with Gasteiger partial charge in [0.1, 0.15) is 17.1 Å². The van der Waals surface area contributed by atoms with Crippen LogP contribution in [0.25, 0.3) is 5.69 Å². The van der Waals surface area contributed by atoms with Crippen LogP contribution in [-0.4, -0.2) is 16.9 Å². The van der Waals surface area contributed by atoms with Gasteiger partial charge in [0.2, 0.25) is 0 Å². The van der Waals surface area contributed by atoms with Crippen molar-refractivity contribution in [1.82, 2.24) is 9.78 Å². The van der Waals surface area contributed by atoms with Gasteiger partial charge in [-0.25, -0.2) is 4.68 Å². The van der Waals surface area contributed by atoms with E-state index in [2.05, 4.69) is 5.10 Å². The Kier molecular flexibility index (Phi) is 3.14. The maximum absolute atomic E-state index is 12.1. The molecule has 96 valence electrons. The zero-order valence-electron chi connectivity index (χ0n) is 10.7. The lowest BCUT2D eigenvalue weighted by Crippen LogP contribution is -2.17. The summed E-state index contributed by atoms with van der Waals surface area (Å²) in [5.74, 6) is 0.782. The smallest absolute Gasteiger partial charge is 0.294 e. The Hall–Kier alpha value is -2.17. The molecule has 1 aromatic heterocycles. The third-order valence-electron chi connectivity index (χ3n) is 2.86. The van der Waals surface area contributed by atoms with Gasteiger partial charge in [0.05, 0.1) is 12.8 Å². The van der Waals surface area contributed by atoms with Crippen molar-refractivity contribution >= 4 is 5.69 Å². The first-order valence-electron chi connectivity index (χ1n) is 5.80. The summed E-state index contributed by atoms with van der Waals surface area (Å²) in [5, 5.41) is 3.04. The van der Waals surface area contributed by atoms with Crippen molar-refractivity contribution in [3.63, 3.8) is 0 Å². The van der Waals surface area contributed by atoms with Gasteiger partial charge in [0.15, 0.2) is 0 Å². The number of hydrogen-bond donors (Lipinski definition) is 2. The number of ether oxygens (including phenoxy) is 1. The third kappa shape index (κ3) is 1.88. The molecule has 5 heteroatoms. The van der Waals surface area contributed by atoms with Crippen molar-refractivity contribution in [2.24, 2.45) is 0 Å². The summed E-state index contributed by atoms with van der Waals surface area (Å²) in [4.78, 5) is 12.1. The Morgan fingerprint density at radius 1 is 1.33 bits per heavy atom. The van der Waals surface area contributed by atoms with Crippen LogP contribution < -0.4 is 16.0 Å². The maximum Gasteiger partial charge on any atom is 0.294 e. The highest BCUT2D eigenvalue weighted by molar-refractivity contribution is 5.50. The number of anilines is 1. The summed E-state index contributed by atoms with van der Waals surface area (Å²) in [5.41, 5.74) is 7.24. The predicted octanol–water partition coefficient (Wildman–Crippen LogP) is 1.88. The molecule has 0 bridgehead atoms. The predicted molar refractivity (Wildman–Crippen MR) is 71.4 cm³/mol. The first kappa shape index (κ1) is 12.3. The molecular weight excluding hydrogens is 230 g/mol. The standard InChI is InChI=1S/C13H17N3O2/c1-8(2)12-11(14)13(17)16(15-12)9-6-4-5-7-10(9)18-3/h4-8,15H,14H2,1-3H3. The summed E-state index contributed by atoms with van der Waals surface area (Å²) in [7, 11) is 1.57. The number of para-hydroxylation sites is 2. The van der Waals surface area contributed by atoms with Crippen molar-refractivity contribution in [2.75, 3.05) is 12.8 Å². The molecule has 1 heterocycles. The third-order valence-corrected chi connectivity index (χ3v) is 2.86. The fourth-order valence-corrected chi connectivity index (χ4v) is 1.89. The number of benzene rings is 1. The van der Waals surface area contributed by atoms with Crippen molar-refractivity contribution < 1.29 is 4.74 Å². The Morgan fingerprint density at radius 2 is 2.00 bits per heavy atom. The summed E-state index contributed by atoms with van der Waals surface area (Å²) >= 11 is 0. The molecule has 2 rings (SSSR count). The number of methoxy groups -OCH3 is 1. The van der Waals surface area contributed by atoms with E-state index < -0.39 is 0 Å². The van der Waals surface area contributed by atoms with Crippen LogP contribution in [0.4, 0.5) is 5.69 Å². The van der Waals surface area contributed by atoms with E-state index in [0.717, 1.165) is 5.69 Å². The second-order valence-electron chi connectivity index (χ2n) is 4.41. The van der Waals surface area contributed by atoms with Gasteiger partial charge >= 0.3 is 0 Å². The molecule has 18 heavy (non-hydrogen) atoms. The molecule has 0 saturated heterocycles. The van der Waals surface area contributed by atoms with Crippen LogP contribution in [0.5, 0.6) is 5.75 Å². The fourth-order valence-electron chi connectivity index (χ4n) is 1.89. The van der Waals surface area contributed by atoms with Crippen LogP contribution in [0.15, 0.2) is 29.1 Å². The fraction of sp³-hybridized carbons (Fsp3) is 0.308. The Bertz CT molecular complexity index is 611. The first-order chi connectivity index (χ1) is 8.56. The molecule has 0 unspecified atom stereocenters. The molecule has 0 aliphatic rings. The molecule has 0 aliphatic carbocycles. The van der Waals surface area contributed by atoms with Crippen LogP contribution in [0.2, 0.25) is 0 Å². The van der Waals surface area contributed by atoms with Crippen LogP contribution in [0.1, 0.15) is 25.5 Å². The Balaban J connectivity index is 2.65. The number of nitrogens with two attached hydrogens (primary N) is 1. The lowest BCUT2D eigenvalue weighted by Gasteiger charge is -2.08. The molecule has 0 amide bonds. The summed E-state index contributed by atoms with van der Waals surface area (Å²) in [6.07, 6.45) is 0. The van der Waals surface area contributed by atoms with Crippen LogP contribution in [-0.2, 0) is 0 Å². The monoisotopic (exact) mass is 247 g/mol. The highest BCUT2D eigenvalue weighted by Crippen LogP contribution is 2.23. The number of aromatic nitrogens is 2. The Labute approximate surface area is 105 Å². The molecule has 1 aromatic carbocycles. The van der Waals surface area contributed by atoms with E-state index in [-0.39, 0.29) is 17.2 Å². The van der Waals surface area contributed by atoms with Crippen LogP contribution in [0.3, 0.4) is 0 Å². The molecule has 3 N–H and O–H groups in total. The molecule has 0 radical (unpaired) electrons. The van der Waals surface area contributed by atoms with Gasteiger partial charge in [-0.05, 0) is 18.1 Å². The maximum atomic E-state index is 12.1. The highest BCUT2D eigenvalue weighted by atomic mass is 16.5. The molecule has 0 saturated carbocycles. The molecule has 2 aromatic rings. The molecule has 5 nitrogen and oxygen atoms in total. The first-order valence-corrected chi connectivity index (χ1v) is 5.80. The SMILES string of the molecule is COc1ccccc1-n1[nH]c(C(C)C)c(N)c1=O. The van der Waals surface area contributed by atoms with Gasteiger partial charge in [-0.3, -0.25) is 9.89 Å². The van der Waals surface area contributed by atoms with E-state index >= 15 is 0 Å². The largest absolute Gasteiger partial charge is 0.494 e. The van der Waals surface area contributed by atoms with E-state index in [9.17, 15) is 4.79 Å². The summed E-state index contributed by atoms with van der Waals surface area (Å²) < 4.78 is 6.66. The number of aromatic amines is 1. The molecular formula is C13H17N3O2. The number of nitrogens with zero attached hydrogens (tertiary/aromatic N) is 1. The second-order valence-corrected chi connectivity index (χ2v) is 4.41. The topological polar surface area (TPSA) is 73.0 Å². The number of nitrogens with one attached hydrogen (secondary N) is 1. The average Bonchev–Trinajstić information content (AvgIpc) is 2.66. The number of rotatable bonds is 3. The number of hydrogen-bond acceptors (Lipinski definition) is 3. The minimum absolute atomic E-state index is 0.161. The van der Waals surface area contributed by atoms with Crippen molar-refractivity contribution in [2.45, 2.75) is 19.8 Å². The average molecular weight is 247 g/mol. The molecule has 0 aliphatic heterocycles. The quantitative estimate of drug-likeness (QED) is 0.869. The highest BCUT2D eigenvalue weighted by Gasteiger charge is 2.16. The van der Waals surface area contributed by atoms with E-state index in [1.165, 1.54) is 4.68 Å². The minimum Gasteiger partial charge on any atom is -0.494 e. The van der Waals surface area contributed by atoms with Gasteiger partial charge in [-0.15, -0.1) is 0 Å². The normalized spacial score (nSPS) is 10.9. The minimum atomic E-state index is -0.247. The molecule has 0 spiro atoms. The number of H-pyrrole nitrogens is 1. The van der Waals surface area contributed by atoms with Crippen molar-refractivity contribution in [3.05, 3.63) is 40.3 Å². The molecule has 0 fully saturated rings. The van der Waals surface area contributed by atoms with E-state index in [0.29, 0.717) is 11.4 Å². The zero-order chi connectivity index (χ0) is 13.3.